The monoisotopic (exact) mass is 1020 g/mol. The van der Waals surface area contributed by atoms with Gasteiger partial charge in [-0.1, -0.05) is 74.9 Å². The predicted molar refractivity (Wildman–Crippen MR) is 302 cm³/mol. The van der Waals surface area contributed by atoms with Gasteiger partial charge >= 0.3 is 11.9 Å². The average molecular weight is 1020 g/mol. The highest BCUT2D eigenvalue weighted by Crippen LogP contribution is 2.49. The Bertz CT molecular complexity index is 2980. The molecule has 0 radical (unpaired) electrons. The molecule has 12 rings (SSSR count). The number of esters is 1. The summed E-state index contributed by atoms with van der Waals surface area (Å²) in [6.07, 6.45) is 14.9. The summed E-state index contributed by atoms with van der Waals surface area (Å²) in [4.78, 5) is 34.7. The summed E-state index contributed by atoms with van der Waals surface area (Å²) in [6.45, 7) is 19.7. The molecule has 2 aromatic heterocycles. The van der Waals surface area contributed by atoms with Gasteiger partial charge in [-0.2, -0.15) is 0 Å². The minimum atomic E-state index is -0.857. The van der Waals surface area contributed by atoms with Gasteiger partial charge in [0.1, 0.15) is 0 Å². The van der Waals surface area contributed by atoms with Crippen LogP contribution in [0.4, 0.5) is 11.4 Å². The number of hydrogen-bond donors (Lipinski definition) is 1. The molecular formula is C63H80N6O6. The molecule has 0 amide bonds. The van der Waals surface area contributed by atoms with E-state index in [4.69, 9.17) is 14.2 Å². The SMILES string of the molecule is COC(=O)c1ccc2c(C3CCCCC3)c3n(c2c1)CCN(CCN1CCCOCC1)c1cc(C)ccc1-3.Cc1ccc2c(c1)N(CCN1CCCOCC1)CCn1c-2c(C2CCCCC2)c2ccc(C(=O)O)cc21. The first-order valence-electron chi connectivity index (χ1n) is 28.7. The van der Waals surface area contributed by atoms with Crippen molar-refractivity contribution in [2.75, 3.05) is 109 Å². The van der Waals surface area contributed by atoms with E-state index < -0.39 is 5.97 Å². The van der Waals surface area contributed by atoms with E-state index in [0.717, 1.165) is 123 Å². The van der Waals surface area contributed by atoms with E-state index >= 15 is 0 Å². The molecule has 12 nitrogen and oxygen atoms in total. The maximum Gasteiger partial charge on any atom is 0.337 e. The molecule has 12 heteroatoms. The normalized spacial score (nSPS) is 19.2. The molecule has 75 heavy (non-hydrogen) atoms. The van der Waals surface area contributed by atoms with Gasteiger partial charge < -0.3 is 38.3 Å². The van der Waals surface area contributed by atoms with Gasteiger partial charge in [0.2, 0.25) is 0 Å². The van der Waals surface area contributed by atoms with Crippen molar-refractivity contribution in [1.82, 2.24) is 18.9 Å². The van der Waals surface area contributed by atoms with Crippen molar-refractivity contribution in [3.63, 3.8) is 0 Å². The van der Waals surface area contributed by atoms with Crippen LogP contribution >= 0.6 is 0 Å². The van der Waals surface area contributed by atoms with E-state index in [0.29, 0.717) is 23.0 Å². The lowest BCUT2D eigenvalue weighted by Gasteiger charge is -2.29. The zero-order chi connectivity index (χ0) is 51.4. The molecule has 0 spiro atoms. The Hall–Kier alpha value is -5.66. The Morgan fingerprint density at radius 3 is 1.45 bits per heavy atom. The first kappa shape index (κ1) is 51.4. The van der Waals surface area contributed by atoms with E-state index in [9.17, 15) is 14.7 Å². The summed E-state index contributed by atoms with van der Waals surface area (Å²) in [5.74, 6) is -0.0380. The van der Waals surface area contributed by atoms with Crippen molar-refractivity contribution in [3.05, 3.63) is 106 Å². The summed E-state index contributed by atoms with van der Waals surface area (Å²) in [7, 11) is 1.46. The topological polar surface area (TPSA) is 105 Å². The second-order valence-electron chi connectivity index (χ2n) is 22.4. The third kappa shape index (κ3) is 10.9. The van der Waals surface area contributed by atoms with Crippen LogP contribution in [-0.2, 0) is 27.3 Å². The number of methoxy groups -OCH3 is 1. The number of aryl methyl sites for hydroxylation is 2. The van der Waals surface area contributed by atoms with Crippen LogP contribution in [0.2, 0.25) is 0 Å². The quantitative estimate of drug-likeness (QED) is 0.133. The van der Waals surface area contributed by atoms with E-state index in [1.54, 1.807) is 6.07 Å². The van der Waals surface area contributed by atoms with Gasteiger partial charge in [-0.05, 0) is 123 Å². The average Bonchev–Trinajstić information content (AvgIpc) is 3.65. The van der Waals surface area contributed by atoms with Gasteiger partial charge in [-0.15, -0.1) is 0 Å². The molecule has 398 valence electrons. The fourth-order valence-electron chi connectivity index (χ4n) is 13.7. The number of hydrogen-bond acceptors (Lipinski definition) is 9. The Balaban J connectivity index is 0.000000161. The fraction of sp³-hybridized carbons (Fsp3) is 0.524. The van der Waals surface area contributed by atoms with Crippen LogP contribution in [0.1, 0.15) is 132 Å². The van der Waals surface area contributed by atoms with Crippen molar-refractivity contribution in [1.29, 1.82) is 0 Å². The van der Waals surface area contributed by atoms with Crippen LogP contribution in [0.5, 0.6) is 0 Å². The molecule has 0 bridgehead atoms. The number of nitrogens with zero attached hydrogens (tertiary/aromatic N) is 6. The number of fused-ring (bicyclic) bond motifs is 10. The van der Waals surface area contributed by atoms with Crippen LogP contribution in [0, 0.1) is 13.8 Å². The highest BCUT2D eigenvalue weighted by Gasteiger charge is 2.33. The molecule has 0 atom stereocenters. The number of anilines is 2. The molecule has 2 saturated heterocycles. The van der Waals surface area contributed by atoms with Crippen molar-refractivity contribution in [3.8, 4) is 22.5 Å². The van der Waals surface area contributed by atoms with Gasteiger partial charge in [-0.25, -0.2) is 9.59 Å². The number of carbonyl (C=O) groups is 2. The minimum Gasteiger partial charge on any atom is -0.478 e. The Kier molecular flexibility index (Phi) is 16.0. The van der Waals surface area contributed by atoms with E-state index in [1.807, 2.05) is 12.1 Å². The van der Waals surface area contributed by atoms with E-state index in [2.05, 4.69) is 97.2 Å². The number of aromatic nitrogens is 2. The van der Waals surface area contributed by atoms with Crippen molar-refractivity contribution in [2.24, 2.45) is 0 Å². The highest BCUT2D eigenvalue weighted by atomic mass is 16.5. The molecule has 2 aliphatic carbocycles. The van der Waals surface area contributed by atoms with Crippen LogP contribution in [0.25, 0.3) is 44.3 Å². The van der Waals surface area contributed by atoms with E-state index in [-0.39, 0.29) is 5.97 Å². The van der Waals surface area contributed by atoms with E-state index in [1.165, 1.54) is 144 Å². The summed E-state index contributed by atoms with van der Waals surface area (Å²) < 4.78 is 21.4. The standard InChI is InChI=1S/C32H41N3O3.C31H39N3O3/c1-23-9-11-27-28(21-23)34(15-14-33-13-6-19-38-20-18-33)16-17-35-29-22-25(32(36)37-2)10-12-26(29)30(31(27)35)24-7-4-3-5-8-24;1-22-8-10-26-27(20-22)33(14-13-32-12-5-18-37-19-17-32)15-16-34-28-21-24(31(35)36)9-11-25(28)29(30(26)34)23-6-3-2-4-7-23/h9-12,21-22,24H,3-8,13-20H2,1-2H3;8-11,20-21,23H,2-7,12-19H2,1H3,(H,35,36). The van der Waals surface area contributed by atoms with Crippen LogP contribution in [0.15, 0.2) is 72.8 Å². The minimum absolute atomic E-state index is 0.269. The zero-order valence-electron chi connectivity index (χ0n) is 45.1. The molecule has 2 saturated carbocycles. The second kappa shape index (κ2) is 23.3. The number of benzene rings is 4. The summed E-state index contributed by atoms with van der Waals surface area (Å²) in [5.41, 5.74) is 16.8. The second-order valence-corrected chi connectivity index (χ2v) is 22.4. The number of carboxylic acids is 1. The predicted octanol–water partition coefficient (Wildman–Crippen LogP) is 11.9. The summed E-state index contributed by atoms with van der Waals surface area (Å²) >= 11 is 0. The number of carbonyl (C=O) groups excluding carboxylic acids is 1. The van der Waals surface area contributed by atoms with Gasteiger partial charge in [0.05, 0.1) is 42.8 Å². The number of rotatable bonds is 10. The van der Waals surface area contributed by atoms with Crippen molar-refractivity contribution < 1.29 is 28.9 Å². The highest BCUT2D eigenvalue weighted by molar-refractivity contribution is 6.01. The van der Waals surface area contributed by atoms with Crippen molar-refractivity contribution >= 4 is 45.1 Å². The Morgan fingerprint density at radius 2 is 0.987 bits per heavy atom. The largest absolute Gasteiger partial charge is 0.478 e. The fourth-order valence-corrected chi connectivity index (χ4v) is 13.7. The number of aromatic carboxylic acids is 1. The molecule has 4 aliphatic heterocycles. The smallest absolute Gasteiger partial charge is 0.337 e. The van der Waals surface area contributed by atoms with Crippen LogP contribution in [-0.4, -0.2) is 135 Å². The third-order valence-electron chi connectivity index (χ3n) is 17.6. The molecule has 0 unspecified atom stereocenters. The third-order valence-corrected chi connectivity index (χ3v) is 17.6. The molecule has 6 aliphatic rings. The van der Waals surface area contributed by atoms with Gasteiger partial charge in [0.15, 0.2) is 0 Å². The number of carboxylic acid groups (broad SMARTS) is 1. The van der Waals surface area contributed by atoms with Gasteiger partial charge in [0, 0.05) is 136 Å². The number of ether oxygens (including phenoxy) is 3. The zero-order valence-corrected chi connectivity index (χ0v) is 45.1. The molecule has 6 aromatic rings. The molecule has 4 fully saturated rings. The van der Waals surface area contributed by atoms with Gasteiger partial charge in [-0.3, -0.25) is 9.80 Å². The molecule has 4 aromatic carbocycles. The van der Waals surface area contributed by atoms with Crippen LogP contribution in [0.3, 0.4) is 0 Å². The lowest BCUT2D eigenvalue weighted by molar-refractivity contribution is 0.0600. The lowest BCUT2D eigenvalue weighted by Crippen LogP contribution is -2.37. The maximum absolute atomic E-state index is 12.5. The molecular weight excluding hydrogens is 937 g/mol. The van der Waals surface area contributed by atoms with Crippen molar-refractivity contribution in [2.45, 2.75) is 116 Å². The summed E-state index contributed by atoms with van der Waals surface area (Å²) in [5, 5.41) is 12.3. The van der Waals surface area contributed by atoms with Gasteiger partial charge in [0.25, 0.3) is 0 Å². The lowest BCUT2D eigenvalue weighted by atomic mass is 9.81. The maximum atomic E-state index is 12.5. The first-order chi connectivity index (χ1) is 36.7. The molecule has 6 heterocycles. The Morgan fingerprint density at radius 1 is 0.520 bits per heavy atom. The van der Waals surface area contributed by atoms with Crippen LogP contribution < -0.4 is 9.80 Å². The Labute approximate surface area is 444 Å². The summed E-state index contributed by atoms with van der Waals surface area (Å²) in [6, 6.07) is 25.9. The first-order valence-corrected chi connectivity index (χ1v) is 28.7. The molecule has 1 N–H and O–H groups in total.